The Kier molecular flexibility index (Phi) is 3.45. The molecule has 0 bridgehead atoms. The normalized spacial score (nSPS) is 56.4. The summed E-state index contributed by atoms with van der Waals surface area (Å²) in [5, 5.41) is 3.57. The molecule has 4 aliphatic carbocycles. The lowest BCUT2D eigenvalue weighted by molar-refractivity contribution is -0.107. The summed E-state index contributed by atoms with van der Waals surface area (Å²) < 4.78 is 0. The standard InChI is InChI=1S/C20H35N/c1-19-10-4-5-17(19)16-7-6-14-13-15(21-3)8-12-20(14,2)18(16)9-11-19/h14-18,21H,4-13H2,1-3H3/t14-,15-,16-,17-,18-,19-,20-/m0/s1. The van der Waals surface area contributed by atoms with E-state index in [2.05, 4.69) is 26.2 Å². The number of nitrogens with one attached hydrogen (secondary N) is 1. The van der Waals surface area contributed by atoms with E-state index in [4.69, 9.17) is 0 Å². The SMILES string of the molecule is CN[C@H]1CC[C@@]2(C)[C@@H](CC[C@H]3[C@@H]4CCC[C@@]4(C)CC[C@@H]32)C1. The average Bonchev–Trinajstić information content (AvgIpc) is 2.88. The second-order valence-corrected chi connectivity index (χ2v) is 9.50. The van der Waals surface area contributed by atoms with Crippen molar-refractivity contribution in [3.63, 3.8) is 0 Å². The molecule has 1 heteroatoms. The fourth-order valence-electron chi connectivity index (χ4n) is 7.51. The van der Waals surface area contributed by atoms with Crippen LogP contribution in [0.4, 0.5) is 0 Å². The lowest BCUT2D eigenvalue weighted by atomic mass is 9.45. The summed E-state index contributed by atoms with van der Waals surface area (Å²) in [6, 6.07) is 0.806. The molecule has 0 aromatic heterocycles. The third-order valence-corrected chi connectivity index (χ3v) is 8.86. The summed E-state index contributed by atoms with van der Waals surface area (Å²) in [6.45, 7) is 5.32. The minimum atomic E-state index is 0.681. The molecular formula is C20H35N. The van der Waals surface area contributed by atoms with E-state index in [9.17, 15) is 0 Å². The van der Waals surface area contributed by atoms with Gasteiger partial charge in [-0.15, -0.1) is 0 Å². The van der Waals surface area contributed by atoms with Gasteiger partial charge < -0.3 is 5.32 Å². The van der Waals surface area contributed by atoms with Gasteiger partial charge in [-0.3, -0.25) is 0 Å². The number of hydrogen-bond acceptors (Lipinski definition) is 1. The molecule has 4 fully saturated rings. The highest BCUT2D eigenvalue weighted by Crippen LogP contribution is 2.66. The van der Waals surface area contributed by atoms with E-state index in [0.29, 0.717) is 5.41 Å². The molecule has 4 aliphatic rings. The van der Waals surface area contributed by atoms with Crippen LogP contribution >= 0.6 is 0 Å². The summed E-state index contributed by atoms with van der Waals surface area (Å²) >= 11 is 0. The van der Waals surface area contributed by atoms with Crippen LogP contribution in [0.3, 0.4) is 0 Å². The van der Waals surface area contributed by atoms with E-state index in [-0.39, 0.29) is 0 Å². The van der Waals surface area contributed by atoms with Crippen LogP contribution < -0.4 is 5.32 Å². The van der Waals surface area contributed by atoms with Gasteiger partial charge in [-0.1, -0.05) is 20.3 Å². The topological polar surface area (TPSA) is 12.0 Å². The van der Waals surface area contributed by atoms with E-state index in [0.717, 1.165) is 35.1 Å². The molecule has 0 aliphatic heterocycles. The van der Waals surface area contributed by atoms with E-state index in [1.165, 1.54) is 44.9 Å². The molecule has 21 heavy (non-hydrogen) atoms. The fourth-order valence-corrected chi connectivity index (χ4v) is 7.51. The van der Waals surface area contributed by atoms with Gasteiger partial charge in [0.1, 0.15) is 0 Å². The molecule has 4 saturated carbocycles. The van der Waals surface area contributed by atoms with Crippen LogP contribution in [-0.2, 0) is 0 Å². The molecule has 0 amide bonds. The Labute approximate surface area is 131 Å². The van der Waals surface area contributed by atoms with Gasteiger partial charge in [-0.2, -0.15) is 0 Å². The second-order valence-electron chi connectivity index (χ2n) is 9.50. The second kappa shape index (κ2) is 4.98. The molecule has 120 valence electrons. The van der Waals surface area contributed by atoms with Crippen molar-refractivity contribution in [1.82, 2.24) is 5.32 Å². The van der Waals surface area contributed by atoms with Crippen molar-refractivity contribution in [2.75, 3.05) is 7.05 Å². The molecule has 0 saturated heterocycles. The molecule has 4 rings (SSSR count). The molecule has 0 radical (unpaired) electrons. The van der Waals surface area contributed by atoms with Gasteiger partial charge in [-0.25, -0.2) is 0 Å². The van der Waals surface area contributed by atoms with Crippen LogP contribution in [0.1, 0.15) is 78.1 Å². The summed E-state index contributed by atoms with van der Waals surface area (Å²) in [5.41, 5.74) is 1.41. The first-order chi connectivity index (χ1) is 10.1. The number of rotatable bonds is 1. The quantitative estimate of drug-likeness (QED) is 0.715. The first-order valence-corrected chi connectivity index (χ1v) is 9.74. The van der Waals surface area contributed by atoms with Crippen LogP contribution in [0.25, 0.3) is 0 Å². The zero-order valence-electron chi connectivity index (χ0n) is 14.5. The maximum absolute atomic E-state index is 3.57. The Morgan fingerprint density at radius 2 is 1.71 bits per heavy atom. The van der Waals surface area contributed by atoms with E-state index in [1.807, 2.05) is 0 Å². The van der Waals surface area contributed by atoms with Gasteiger partial charge in [0.05, 0.1) is 0 Å². The van der Waals surface area contributed by atoms with E-state index < -0.39 is 0 Å². The molecule has 0 unspecified atom stereocenters. The molecular weight excluding hydrogens is 254 g/mol. The molecule has 0 aromatic carbocycles. The van der Waals surface area contributed by atoms with Crippen molar-refractivity contribution in [2.24, 2.45) is 34.5 Å². The van der Waals surface area contributed by atoms with Crippen molar-refractivity contribution in [1.29, 1.82) is 0 Å². The first-order valence-electron chi connectivity index (χ1n) is 9.74. The highest BCUT2D eigenvalue weighted by Gasteiger charge is 2.57. The van der Waals surface area contributed by atoms with Crippen molar-refractivity contribution < 1.29 is 0 Å². The smallest absolute Gasteiger partial charge is 0.00671 e. The highest BCUT2D eigenvalue weighted by atomic mass is 14.9. The average molecular weight is 290 g/mol. The third-order valence-electron chi connectivity index (χ3n) is 8.86. The molecule has 7 atom stereocenters. The Morgan fingerprint density at radius 1 is 0.857 bits per heavy atom. The zero-order chi connectivity index (χ0) is 14.7. The maximum Gasteiger partial charge on any atom is 0.00671 e. The van der Waals surface area contributed by atoms with Gasteiger partial charge >= 0.3 is 0 Å². The largest absolute Gasteiger partial charge is 0.317 e. The zero-order valence-corrected chi connectivity index (χ0v) is 14.5. The molecule has 1 N–H and O–H groups in total. The monoisotopic (exact) mass is 289 g/mol. The maximum atomic E-state index is 3.57. The van der Waals surface area contributed by atoms with Crippen LogP contribution in [0.5, 0.6) is 0 Å². The van der Waals surface area contributed by atoms with Crippen molar-refractivity contribution in [3.8, 4) is 0 Å². The van der Waals surface area contributed by atoms with E-state index >= 15 is 0 Å². The van der Waals surface area contributed by atoms with Gasteiger partial charge in [-0.05, 0) is 99.3 Å². The Morgan fingerprint density at radius 3 is 2.52 bits per heavy atom. The van der Waals surface area contributed by atoms with Crippen LogP contribution in [0.15, 0.2) is 0 Å². The molecule has 0 heterocycles. The van der Waals surface area contributed by atoms with Gasteiger partial charge in [0.2, 0.25) is 0 Å². The van der Waals surface area contributed by atoms with Crippen LogP contribution in [-0.4, -0.2) is 13.1 Å². The third kappa shape index (κ3) is 2.06. The van der Waals surface area contributed by atoms with Crippen molar-refractivity contribution in [2.45, 2.75) is 84.1 Å². The summed E-state index contributed by atoms with van der Waals surface area (Å²) in [4.78, 5) is 0. The predicted molar refractivity (Wildman–Crippen MR) is 89.2 cm³/mol. The Hall–Kier alpha value is -0.0400. The van der Waals surface area contributed by atoms with Gasteiger partial charge in [0.25, 0.3) is 0 Å². The number of fused-ring (bicyclic) bond motifs is 5. The lowest BCUT2D eigenvalue weighted by Gasteiger charge is -2.60. The summed E-state index contributed by atoms with van der Waals surface area (Å²) in [6.07, 6.45) is 15.2. The highest BCUT2D eigenvalue weighted by molar-refractivity contribution is 5.07. The van der Waals surface area contributed by atoms with Crippen LogP contribution in [0.2, 0.25) is 0 Å². The first kappa shape index (κ1) is 14.5. The Bertz CT molecular complexity index is 405. The van der Waals surface area contributed by atoms with Crippen molar-refractivity contribution in [3.05, 3.63) is 0 Å². The van der Waals surface area contributed by atoms with E-state index in [1.54, 1.807) is 19.3 Å². The fraction of sp³-hybridized carbons (Fsp3) is 1.00. The number of hydrogen-bond donors (Lipinski definition) is 1. The van der Waals surface area contributed by atoms with Crippen LogP contribution in [0, 0.1) is 34.5 Å². The molecule has 0 aromatic rings. The molecule has 0 spiro atoms. The summed E-state index contributed by atoms with van der Waals surface area (Å²) in [5.74, 6) is 4.23. The summed E-state index contributed by atoms with van der Waals surface area (Å²) in [7, 11) is 2.17. The van der Waals surface area contributed by atoms with Gasteiger partial charge in [0, 0.05) is 6.04 Å². The van der Waals surface area contributed by atoms with Gasteiger partial charge in [0.15, 0.2) is 0 Å². The predicted octanol–water partition coefficient (Wildman–Crippen LogP) is 5.01. The minimum Gasteiger partial charge on any atom is -0.317 e. The lowest BCUT2D eigenvalue weighted by Crippen LogP contribution is -2.54. The Balaban J connectivity index is 1.59. The molecule has 1 nitrogen and oxygen atoms in total. The minimum absolute atomic E-state index is 0.681. The van der Waals surface area contributed by atoms with Crippen molar-refractivity contribution >= 4 is 0 Å².